The Morgan fingerprint density at radius 3 is 2.88 bits per heavy atom. The van der Waals surface area contributed by atoms with E-state index in [2.05, 4.69) is 0 Å². The molecule has 1 aromatic heterocycles. The van der Waals surface area contributed by atoms with E-state index in [0.29, 0.717) is 17.1 Å². The first-order valence-corrected chi connectivity index (χ1v) is 5.57. The number of hydrogen-bond acceptors (Lipinski definition) is 2. The van der Waals surface area contributed by atoms with Crippen LogP contribution < -0.4 is 0 Å². The van der Waals surface area contributed by atoms with Gasteiger partial charge in [-0.2, -0.15) is 0 Å². The summed E-state index contributed by atoms with van der Waals surface area (Å²) in [4.78, 5) is 13.5. The van der Waals surface area contributed by atoms with Crippen molar-refractivity contribution in [2.45, 2.75) is 6.54 Å². The third-order valence-electron chi connectivity index (χ3n) is 2.42. The minimum Gasteiger partial charge on any atom is -0.472 e. The van der Waals surface area contributed by atoms with Crippen LogP contribution in [0.5, 0.6) is 0 Å². The van der Waals surface area contributed by atoms with E-state index in [9.17, 15) is 4.79 Å². The highest BCUT2D eigenvalue weighted by molar-refractivity contribution is 6.30. The van der Waals surface area contributed by atoms with Crippen LogP contribution in [0.1, 0.15) is 15.9 Å². The van der Waals surface area contributed by atoms with Crippen LogP contribution in [0.25, 0.3) is 0 Å². The summed E-state index contributed by atoms with van der Waals surface area (Å²) in [5.74, 6) is -0.0706. The molecule has 1 aromatic carbocycles. The maximum absolute atomic E-state index is 11.9. The van der Waals surface area contributed by atoms with E-state index in [-0.39, 0.29) is 5.91 Å². The first kappa shape index (κ1) is 11.7. The Morgan fingerprint density at radius 2 is 2.24 bits per heavy atom. The van der Waals surface area contributed by atoms with E-state index in [0.717, 1.165) is 5.56 Å². The summed E-state index contributed by atoms with van der Waals surface area (Å²) in [5, 5.41) is 0.673. The SMILES string of the molecule is CN(Cc1cccc(Cl)c1)C(=O)c1ccoc1. The molecular formula is C13H12ClNO2. The van der Waals surface area contributed by atoms with Gasteiger partial charge in [-0.15, -0.1) is 0 Å². The van der Waals surface area contributed by atoms with Crippen molar-refractivity contribution in [1.82, 2.24) is 4.90 Å². The Labute approximate surface area is 105 Å². The van der Waals surface area contributed by atoms with Crippen molar-refractivity contribution in [1.29, 1.82) is 0 Å². The molecule has 3 nitrogen and oxygen atoms in total. The molecule has 88 valence electrons. The van der Waals surface area contributed by atoms with Crippen molar-refractivity contribution < 1.29 is 9.21 Å². The van der Waals surface area contributed by atoms with E-state index in [4.69, 9.17) is 16.0 Å². The molecule has 0 saturated carbocycles. The number of halogens is 1. The molecule has 1 amide bonds. The number of carbonyl (C=O) groups is 1. The van der Waals surface area contributed by atoms with Gasteiger partial charge in [0.05, 0.1) is 11.8 Å². The molecule has 0 spiro atoms. The van der Waals surface area contributed by atoms with Gasteiger partial charge in [-0.25, -0.2) is 0 Å². The monoisotopic (exact) mass is 249 g/mol. The molecule has 0 atom stereocenters. The van der Waals surface area contributed by atoms with Crippen LogP contribution >= 0.6 is 11.6 Å². The quantitative estimate of drug-likeness (QED) is 0.837. The van der Waals surface area contributed by atoms with Crippen LogP contribution in [0.3, 0.4) is 0 Å². The van der Waals surface area contributed by atoms with Gasteiger partial charge >= 0.3 is 0 Å². The topological polar surface area (TPSA) is 33.5 Å². The van der Waals surface area contributed by atoms with Gasteiger partial charge in [0, 0.05) is 18.6 Å². The van der Waals surface area contributed by atoms with Crippen LogP contribution in [0.15, 0.2) is 47.3 Å². The number of hydrogen-bond donors (Lipinski definition) is 0. The summed E-state index contributed by atoms with van der Waals surface area (Å²) in [5.41, 5.74) is 1.55. The van der Waals surface area contributed by atoms with Gasteiger partial charge in [-0.05, 0) is 23.8 Å². The molecule has 0 unspecified atom stereocenters. The number of rotatable bonds is 3. The molecule has 2 aromatic rings. The van der Waals surface area contributed by atoms with E-state index in [1.807, 2.05) is 24.3 Å². The van der Waals surface area contributed by atoms with Crippen LogP contribution in [0.2, 0.25) is 5.02 Å². The van der Waals surface area contributed by atoms with Crippen molar-refractivity contribution in [3.8, 4) is 0 Å². The predicted molar refractivity (Wildman–Crippen MR) is 66.0 cm³/mol. The molecule has 17 heavy (non-hydrogen) atoms. The van der Waals surface area contributed by atoms with Crippen LogP contribution in [-0.2, 0) is 6.54 Å². The predicted octanol–water partition coefficient (Wildman–Crippen LogP) is 3.21. The number of furan rings is 1. The molecule has 2 rings (SSSR count). The minimum atomic E-state index is -0.0706. The third-order valence-corrected chi connectivity index (χ3v) is 2.66. The molecular weight excluding hydrogens is 238 g/mol. The molecule has 1 heterocycles. The lowest BCUT2D eigenvalue weighted by Gasteiger charge is -2.16. The minimum absolute atomic E-state index is 0.0706. The fraction of sp³-hybridized carbons (Fsp3) is 0.154. The third kappa shape index (κ3) is 2.88. The second-order valence-electron chi connectivity index (χ2n) is 3.80. The smallest absolute Gasteiger partial charge is 0.257 e. The number of carbonyl (C=O) groups excluding carboxylic acids is 1. The van der Waals surface area contributed by atoms with E-state index < -0.39 is 0 Å². The lowest BCUT2D eigenvalue weighted by atomic mass is 10.2. The molecule has 0 aliphatic carbocycles. The molecule has 0 aliphatic rings. The molecule has 0 aliphatic heterocycles. The Hall–Kier alpha value is -1.74. The van der Waals surface area contributed by atoms with E-state index >= 15 is 0 Å². The van der Waals surface area contributed by atoms with Crippen molar-refractivity contribution in [3.05, 3.63) is 59.0 Å². The van der Waals surface area contributed by atoms with Crippen molar-refractivity contribution in [3.63, 3.8) is 0 Å². The summed E-state index contributed by atoms with van der Waals surface area (Å²) in [6.45, 7) is 0.518. The molecule has 0 bridgehead atoms. The highest BCUT2D eigenvalue weighted by Crippen LogP contribution is 2.13. The zero-order valence-corrected chi connectivity index (χ0v) is 10.1. The average molecular weight is 250 g/mol. The highest BCUT2D eigenvalue weighted by Gasteiger charge is 2.12. The van der Waals surface area contributed by atoms with Crippen LogP contribution in [0, 0.1) is 0 Å². The van der Waals surface area contributed by atoms with Crippen molar-refractivity contribution in [2.24, 2.45) is 0 Å². The first-order chi connectivity index (χ1) is 8.16. The molecule has 4 heteroatoms. The lowest BCUT2D eigenvalue weighted by molar-refractivity contribution is 0.0784. The second-order valence-corrected chi connectivity index (χ2v) is 4.24. The maximum atomic E-state index is 11.9. The van der Waals surface area contributed by atoms with Crippen LogP contribution in [-0.4, -0.2) is 17.9 Å². The summed E-state index contributed by atoms with van der Waals surface area (Å²) >= 11 is 5.89. The standard InChI is InChI=1S/C13H12ClNO2/c1-15(13(16)11-5-6-17-9-11)8-10-3-2-4-12(14)7-10/h2-7,9H,8H2,1H3. The fourth-order valence-corrected chi connectivity index (χ4v) is 1.80. The fourth-order valence-electron chi connectivity index (χ4n) is 1.59. The molecule has 0 radical (unpaired) electrons. The molecule has 0 saturated heterocycles. The number of benzene rings is 1. The summed E-state index contributed by atoms with van der Waals surface area (Å²) in [7, 11) is 1.75. The largest absolute Gasteiger partial charge is 0.472 e. The van der Waals surface area contributed by atoms with Crippen LogP contribution in [0.4, 0.5) is 0 Å². The zero-order chi connectivity index (χ0) is 12.3. The zero-order valence-electron chi connectivity index (χ0n) is 9.39. The average Bonchev–Trinajstić information content (AvgIpc) is 2.81. The van der Waals surface area contributed by atoms with E-state index in [1.54, 1.807) is 18.0 Å². The molecule has 0 fully saturated rings. The van der Waals surface area contributed by atoms with Gasteiger partial charge in [-0.1, -0.05) is 23.7 Å². The van der Waals surface area contributed by atoms with Gasteiger partial charge in [0.25, 0.3) is 5.91 Å². The normalized spacial score (nSPS) is 10.2. The van der Waals surface area contributed by atoms with Gasteiger partial charge in [-0.3, -0.25) is 4.79 Å². The van der Waals surface area contributed by atoms with Gasteiger partial charge in [0.2, 0.25) is 0 Å². The van der Waals surface area contributed by atoms with E-state index in [1.165, 1.54) is 12.5 Å². The molecule has 0 N–H and O–H groups in total. The Morgan fingerprint density at radius 1 is 1.41 bits per heavy atom. The first-order valence-electron chi connectivity index (χ1n) is 5.19. The highest BCUT2D eigenvalue weighted by atomic mass is 35.5. The van der Waals surface area contributed by atoms with Gasteiger partial charge in [0.1, 0.15) is 6.26 Å². The Kier molecular flexibility index (Phi) is 3.49. The maximum Gasteiger partial charge on any atom is 0.257 e. The summed E-state index contributed by atoms with van der Waals surface area (Å²) < 4.78 is 4.89. The second kappa shape index (κ2) is 5.06. The van der Waals surface area contributed by atoms with Crippen molar-refractivity contribution >= 4 is 17.5 Å². The Balaban J connectivity index is 2.07. The van der Waals surface area contributed by atoms with Gasteiger partial charge < -0.3 is 9.32 Å². The lowest BCUT2D eigenvalue weighted by Crippen LogP contribution is -2.25. The number of nitrogens with zero attached hydrogens (tertiary/aromatic N) is 1. The number of amides is 1. The Bertz CT molecular complexity index is 508. The van der Waals surface area contributed by atoms with Crippen molar-refractivity contribution in [2.75, 3.05) is 7.05 Å². The summed E-state index contributed by atoms with van der Waals surface area (Å²) in [6.07, 6.45) is 2.93. The summed E-state index contributed by atoms with van der Waals surface area (Å²) in [6, 6.07) is 9.11. The van der Waals surface area contributed by atoms with Gasteiger partial charge in [0.15, 0.2) is 0 Å².